The predicted octanol–water partition coefficient (Wildman–Crippen LogP) is 2.98. The van der Waals surface area contributed by atoms with E-state index in [1.807, 2.05) is 30.3 Å². The second-order valence-corrected chi connectivity index (χ2v) is 6.76. The number of anilines is 1. The molecule has 0 bridgehead atoms. The molecular formula is C16H22N4O2S. The summed E-state index contributed by atoms with van der Waals surface area (Å²) in [6, 6.07) is 9.05. The molecule has 1 unspecified atom stereocenters. The SMILES string of the molecule is CC(C)Cc1nnc(NC(=O)NCCC(O)c2ccccc2)s1. The molecule has 2 amide bonds. The Morgan fingerprint density at radius 3 is 2.70 bits per heavy atom. The highest BCUT2D eigenvalue weighted by Crippen LogP contribution is 2.18. The molecule has 6 nitrogen and oxygen atoms in total. The van der Waals surface area contributed by atoms with Crippen LogP contribution in [0.5, 0.6) is 0 Å². The van der Waals surface area contributed by atoms with Gasteiger partial charge in [0.15, 0.2) is 0 Å². The highest BCUT2D eigenvalue weighted by Gasteiger charge is 2.10. The Morgan fingerprint density at radius 1 is 1.26 bits per heavy atom. The second-order valence-electron chi connectivity index (χ2n) is 5.69. The average molecular weight is 334 g/mol. The number of aromatic nitrogens is 2. The maximum Gasteiger partial charge on any atom is 0.321 e. The first kappa shape index (κ1) is 17.4. The average Bonchev–Trinajstić information content (AvgIpc) is 2.94. The number of benzene rings is 1. The van der Waals surface area contributed by atoms with Crippen LogP contribution in [0.25, 0.3) is 0 Å². The van der Waals surface area contributed by atoms with Gasteiger partial charge in [-0.25, -0.2) is 4.79 Å². The lowest BCUT2D eigenvalue weighted by atomic mass is 10.1. The van der Waals surface area contributed by atoms with Crippen molar-refractivity contribution >= 4 is 22.5 Å². The van der Waals surface area contributed by atoms with Crippen LogP contribution >= 0.6 is 11.3 Å². The fraction of sp³-hybridized carbons (Fsp3) is 0.438. The van der Waals surface area contributed by atoms with Gasteiger partial charge in [0.25, 0.3) is 0 Å². The summed E-state index contributed by atoms with van der Waals surface area (Å²) in [5, 5.41) is 24.8. The molecule has 0 saturated carbocycles. The minimum absolute atomic E-state index is 0.336. The third-order valence-electron chi connectivity index (χ3n) is 3.16. The number of nitrogens with zero attached hydrogens (tertiary/aromatic N) is 2. The van der Waals surface area contributed by atoms with Gasteiger partial charge in [0.2, 0.25) is 5.13 Å². The first-order valence-electron chi connectivity index (χ1n) is 7.65. The Kier molecular flexibility index (Phi) is 6.49. The number of hydrogen-bond donors (Lipinski definition) is 3. The first-order chi connectivity index (χ1) is 11.0. The van der Waals surface area contributed by atoms with E-state index in [2.05, 4.69) is 34.7 Å². The molecule has 0 aliphatic carbocycles. The van der Waals surface area contributed by atoms with Crippen LogP contribution in [0.15, 0.2) is 30.3 Å². The van der Waals surface area contributed by atoms with Crippen LogP contribution in [-0.2, 0) is 6.42 Å². The quantitative estimate of drug-likeness (QED) is 0.726. The molecule has 1 atom stereocenters. The van der Waals surface area contributed by atoms with E-state index in [9.17, 15) is 9.90 Å². The van der Waals surface area contributed by atoms with Crippen LogP contribution in [-0.4, -0.2) is 27.9 Å². The lowest BCUT2D eigenvalue weighted by Gasteiger charge is -2.11. The number of carbonyl (C=O) groups is 1. The van der Waals surface area contributed by atoms with E-state index >= 15 is 0 Å². The van der Waals surface area contributed by atoms with Gasteiger partial charge in [-0.15, -0.1) is 10.2 Å². The molecule has 23 heavy (non-hydrogen) atoms. The zero-order chi connectivity index (χ0) is 16.7. The molecule has 124 valence electrons. The Balaban J connectivity index is 1.72. The number of carbonyl (C=O) groups excluding carboxylic acids is 1. The first-order valence-corrected chi connectivity index (χ1v) is 8.46. The van der Waals surface area contributed by atoms with Gasteiger partial charge in [0.1, 0.15) is 5.01 Å². The van der Waals surface area contributed by atoms with Crippen LogP contribution in [0.3, 0.4) is 0 Å². The van der Waals surface area contributed by atoms with Crippen molar-refractivity contribution in [3.05, 3.63) is 40.9 Å². The number of hydrogen-bond acceptors (Lipinski definition) is 5. The Labute approximate surface area is 140 Å². The van der Waals surface area contributed by atoms with Crippen molar-refractivity contribution in [1.29, 1.82) is 0 Å². The van der Waals surface area contributed by atoms with Crippen molar-refractivity contribution in [1.82, 2.24) is 15.5 Å². The molecule has 1 heterocycles. The highest BCUT2D eigenvalue weighted by molar-refractivity contribution is 7.15. The third-order valence-corrected chi connectivity index (χ3v) is 4.02. The van der Waals surface area contributed by atoms with Gasteiger partial charge in [-0.3, -0.25) is 5.32 Å². The van der Waals surface area contributed by atoms with E-state index in [0.29, 0.717) is 24.0 Å². The summed E-state index contributed by atoms with van der Waals surface area (Å²) in [6.45, 7) is 4.60. The standard InChI is InChI=1S/C16H22N4O2S/c1-11(2)10-14-19-20-16(23-14)18-15(22)17-9-8-13(21)12-6-4-3-5-7-12/h3-7,11,13,21H,8-10H2,1-2H3,(H2,17,18,20,22). The number of aliphatic hydroxyl groups excluding tert-OH is 1. The Bertz CT molecular complexity index is 616. The third kappa shape index (κ3) is 5.96. The zero-order valence-corrected chi connectivity index (χ0v) is 14.1. The number of rotatable bonds is 7. The van der Waals surface area contributed by atoms with E-state index in [0.717, 1.165) is 17.0 Å². The summed E-state index contributed by atoms with van der Waals surface area (Å²) in [4.78, 5) is 11.8. The largest absolute Gasteiger partial charge is 0.388 e. The molecule has 0 fully saturated rings. The Morgan fingerprint density at radius 2 is 2.00 bits per heavy atom. The van der Waals surface area contributed by atoms with Crippen LogP contribution in [0.2, 0.25) is 0 Å². The molecule has 0 radical (unpaired) electrons. The van der Waals surface area contributed by atoms with E-state index in [1.165, 1.54) is 11.3 Å². The minimum atomic E-state index is -0.587. The summed E-state index contributed by atoms with van der Waals surface area (Å²) in [7, 11) is 0. The summed E-state index contributed by atoms with van der Waals surface area (Å²) in [6.07, 6.45) is 0.715. The van der Waals surface area contributed by atoms with Crippen LogP contribution in [0, 0.1) is 5.92 Å². The molecular weight excluding hydrogens is 312 g/mol. The van der Waals surface area contributed by atoms with Gasteiger partial charge >= 0.3 is 6.03 Å². The lowest BCUT2D eigenvalue weighted by molar-refractivity contribution is 0.167. The van der Waals surface area contributed by atoms with E-state index in [1.54, 1.807) is 0 Å². The van der Waals surface area contributed by atoms with Crippen molar-refractivity contribution in [3.63, 3.8) is 0 Å². The van der Waals surface area contributed by atoms with Gasteiger partial charge in [-0.1, -0.05) is 55.5 Å². The van der Waals surface area contributed by atoms with E-state index < -0.39 is 6.10 Å². The van der Waals surface area contributed by atoms with Crippen molar-refractivity contribution in [3.8, 4) is 0 Å². The number of amides is 2. The smallest absolute Gasteiger partial charge is 0.321 e. The molecule has 2 rings (SSSR count). The molecule has 2 aromatic rings. The molecule has 1 aromatic heterocycles. The number of nitrogens with one attached hydrogen (secondary N) is 2. The monoisotopic (exact) mass is 334 g/mol. The summed E-state index contributed by atoms with van der Waals surface area (Å²) >= 11 is 1.38. The van der Waals surface area contributed by atoms with Crippen molar-refractivity contribution in [2.75, 3.05) is 11.9 Å². The van der Waals surface area contributed by atoms with Crippen LogP contribution in [0.4, 0.5) is 9.93 Å². The predicted molar refractivity (Wildman–Crippen MR) is 91.5 cm³/mol. The summed E-state index contributed by atoms with van der Waals surface area (Å²) in [5.74, 6) is 0.504. The van der Waals surface area contributed by atoms with Gasteiger partial charge in [-0.05, 0) is 17.9 Å². The summed E-state index contributed by atoms with van der Waals surface area (Å²) < 4.78 is 0. The maximum atomic E-state index is 11.8. The fourth-order valence-electron chi connectivity index (χ4n) is 2.04. The topological polar surface area (TPSA) is 87.1 Å². The van der Waals surface area contributed by atoms with Gasteiger partial charge in [0.05, 0.1) is 6.10 Å². The maximum absolute atomic E-state index is 11.8. The number of aliphatic hydroxyl groups is 1. The van der Waals surface area contributed by atoms with Crippen molar-refractivity contribution in [2.45, 2.75) is 32.8 Å². The second kappa shape index (κ2) is 8.59. The van der Waals surface area contributed by atoms with Gasteiger partial charge in [-0.2, -0.15) is 0 Å². The van der Waals surface area contributed by atoms with E-state index in [4.69, 9.17) is 0 Å². The molecule has 0 aliphatic rings. The van der Waals surface area contributed by atoms with Gasteiger partial charge < -0.3 is 10.4 Å². The lowest BCUT2D eigenvalue weighted by Crippen LogP contribution is -2.30. The minimum Gasteiger partial charge on any atom is -0.388 e. The fourth-order valence-corrected chi connectivity index (χ4v) is 2.99. The van der Waals surface area contributed by atoms with Crippen LogP contribution < -0.4 is 10.6 Å². The molecule has 0 aliphatic heterocycles. The normalized spacial score (nSPS) is 12.2. The molecule has 3 N–H and O–H groups in total. The number of urea groups is 1. The molecule has 1 aromatic carbocycles. The Hall–Kier alpha value is -1.99. The van der Waals surface area contributed by atoms with Gasteiger partial charge in [0, 0.05) is 13.0 Å². The summed E-state index contributed by atoms with van der Waals surface area (Å²) in [5.41, 5.74) is 0.845. The molecule has 0 spiro atoms. The van der Waals surface area contributed by atoms with Crippen LogP contribution in [0.1, 0.15) is 36.9 Å². The molecule has 0 saturated heterocycles. The molecule has 7 heteroatoms. The highest BCUT2D eigenvalue weighted by atomic mass is 32.1. The van der Waals surface area contributed by atoms with Crippen molar-refractivity contribution in [2.24, 2.45) is 5.92 Å². The van der Waals surface area contributed by atoms with Crippen molar-refractivity contribution < 1.29 is 9.90 Å². The van der Waals surface area contributed by atoms with E-state index in [-0.39, 0.29) is 6.03 Å². The zero-order valence-electron chi connectivity index (χ0n) is 13.3.